The predicted octanol–water partition coefficient (Wildman–Crippen LogP) is 2.66. The summed E-state index contributed by atoms with van der Waals surface area (Å²) < 4.78 is 0. The molecule has 0 aliphatic carbocycles. The van der Waals surface area contributed by atoms with Gasteiger partial charge in [-0.25, -0.2) is 0 Å². The first-order valence-corrected chi connectivity index (χ1v) is 4.40. The standard InChI is InChI=1S/C11H19N/c1-4-7-10(6-3)11(9-12)8-5-2/h4-7,11H,2,8-9,12H2,1,3H3/b7-4-,10-6+. The third kappa shape index (κ3) is 3.54. The second-order valence-corrected chi connectivity index (χ2v) is 2.75. The lowest BCUT2D eigenvalue weighted by Gasteiger charge is -2.13. The Kier molecular flexibility index (Phi) is 6.39. The quantitative estimate of drug-likeness (QED) is 0.492. The van der Waals surface area contributed by atoms with E-state index < -0.39 is 0 Å². The zero-order valence-corrected chi connectivity index (χ0v) is 8.09. The lowest BCUT2D eigenvalue weighted by atomic mass is 9.95. The monoisotopic (exact) mass is 165 g/mol. The maximum Gasteiger partial charge on any atom is -0.000537 e. The largest absolute Gasteiger partial charge is 0.330 e. The van der Waals surface area contributed by atoms with Crippen molar-refractivity contribution in [3.63, 3.8) is 0 Å². The Balaban J connectivity index is 4.33. The number of hydrogen-bond donors (Lipinski definition) is 1. The number of hydrogen-bond acceptors (Lipinski definition) is 1. The molecule has 0 aromatic rings. The van der Waals surface area contributed by atoms with Crippen molar-refractivity contribution in [2.24, 2.45) is 11.7 Å². The van der Waals surface area contributed by atoms with Crippen LogP contribution in [0.15, 0.2) is 36.5 Å². The summed E-state index contributed by atoms with van der Waals surface area (Å²) in [5.41, 5.74) is 6.95. The first-order chi connectivity index (χ1) is 5.79. The van der Waals surface area contributed by atoms with E-state index in [2.05, 4.69) is 18.7 Å². The summed E-state index contributed by atoms with van der Waals surface area (Å²) in [5.74, 6) is 0.434. The molecule has 0 aliphatic rings. The van der Waals surface area contributed by atoms with Crippen molar-refractivity contribution < 1.29 is 0 Å². The van der Waals surface area contributed by atoms with Gasteiger partial charge in [0.25, 0.3) is 0 Å². The first kappa shape index (κ1) is 11.2. The Hall–Kier alpha value is -0.820. The zero-order chi connectivity index (χ0) is 9.40. The van der Waals surface area contributed by atoms with Crippen molar-refractivity contribution in [3.05, 3.63) is 36.5 Å². The zero-order valence-electron chi connectivity index (χ0n) is 8.09. The molecular formula is C11H19N. The highest BCUT2D eigenvalue weighted by atomic mass is 14.5. The van der Waals surface area contributed by atoms with Gasteiger partial charge < -0.3 is 5.73 Å². The number of nitrogens with two attached hydrogens (primary N) is 1. The highest BCUT2D eigenvalue weighted by Gasteiger charge is 2.06. The summed E-state index contributed by atoms with van der Waals surface area (Å²) >= 11 is 0. The molecule has 1 atom stereocenters. The molecule has 2 N–H and O–H groups in total. The molecule has 0 saturated heterocycles. The van der Waals surface area contributed by atoms with Gasteiger partial charge in [-0.15, -0.1) is 6.58 Å². The molecule has 1 heteroatoms. The molecule has 0 aromatic carbocycles. The normalized spacial score (nSPS) is 15.1. The minimum absolute atomic E-state index is 0.434. The van der Waals surface area contributed by atoms with Crippen LogP contribution in [-0.2, 0) is 0 Å². The Morgan fingerprint density at radius 3 is 2.50 bits per heavy atom. The van der Waals surface area contributed by atoms with Crippen molar-refractivity contribution in [1.29, 1.82) is 0 Å². The van der Waals surface area contributed by atoms with Crippen LogP contribution in [0, 0.1) is 5.92 Å². The van der Waals surface area contributed by atoms with E-state index in [4.69, 9.17) is 5.73 Å². The van der Waals surface area contributed by atoms with Gasteiger partial charge in [-0.1, -0.05) is 24.3 Å². The highest BCUT2D eigenvalue weighted by molar-refractivity contribution is 5.21. The van der Waals surface area contributed by atoms with E-state index in [-0.39, 0.29) is 0 Å². The molecule has 0 spiro atoms. The van der Waals surface area contributed by atoms with Gasteiger partial charge in [-0.2, -0.15) is 0 Å². The van der Waals surface area contributed by atoms with Crippen molar-refractivity contribution in [2.75, 3.05) is 6.54 Å². The van der Waals surface area contributed by atoms with Crippen molar-refractivity contribution >= 4 is 0 Å². The highest BCUT2D eigenvalue weighted by Crippen LogP contribution is 2.15. The minimum atomic E-state index is 0.434. The third-order valence-electron chi connectivity index (χ3n) is 1.90. The van der Waals surface area contributed by atoms with Crippen LogP contribution >= 0.6 is 0 Å². The van der Waals surface area contributed by atoms with Gasteiger partial charge in [-0.05, 0) is 38.3 Å². The van der Waals surface area contributed by atoms with Crippen LogP contribution in [0.4, 0.5) is 0 Å². The topological polar surface area (TPSA) is 26.0 Å². The SMILES string of the molecule is C=CCC(CN)C(/C=C\C)=C/C. The fourth-order valence-corrected chi connectivity index (χ4v) is 1.23. The van der Waals surface area contributed by atoms with E-state index in [9.17, 15) is 0 Å². The average molecular weight is 165 g/mol. The fraction of sp³-hybridized carbons (Fsp3) is 0.455. The van der Waals surface area contributed by atoms with Gasteiger partial charge in [0.15, 0.2) is 0 Å². The van der Waals surface area contributed by atoms with Gasteiger partial charge in [-0.3, -0.25) is 0 Å². The Labute approximate surface area is 75.7 Å². The fourth-order valence-electron chi connectivity index (χ4n) is 1.23. The van der Waals surface area contributed by atoms with Crippen LogP contribution in [0.2, 0.25) is 0 Å². The lowest BCUT2D eigenvalue weighted by molar-refractivity contribution is 0.648. The Morgan fingerprint density at radius 1 is 1.50 bits per heavy atom. The molecule has 1 unspecified atom stereocenters. The van der Waals surface area contributed by atoms with Gasteiger partial charge in [0.2, 0.25) is 0 Å². The average Bonchev–Trinajstić information content (AvgIpc) is 2.11. The predicted molar refractivity (Wildman–Crippen MR) is 55.9 cm³/mol. The molecule has 0 heterocycles. The molecule has 0 amide bonds. The van der Waals surface area contributed by atoms with E-state index in [0.29, 0.717) is 12.5 Å². The van der Waals surface area contributed by atoms with Gasteiger partial charge in [0.05, 0.1) is 0 Å². The molecule has 12 heavy (non-hydrogen) atoms. The second-order valence-electron chi connectivity index (χ2n) is 2.75. The molecule has 0 saturated carbocycles. The van der Waals surface area contributed by atoms with E-state index in [1.165, 1.54) is 5.57 Å². The second kappa shape index (κ2) is 6.86. The van der Waals surface area contributed by atoms with Crippen LogP contribution in [0.25, 0.3) is 0 Å². The van der Waals surface area contributed by atoms with Crippen LogP contribution in [0.1, 0.15) is 20.3 Å². The molecule has 0 aliphatic heterocycles. The van der Waals surface area contributed by atoms with Gasteiger partial charge in [0.1, 0.15) is 0 Å². The smallest absolute Gasteiger partial charge is 0.000537 e. The van der Waals surface area contributed by atoms with E-state index in [1.54, 1.807) is 0 Å². The molecule has 0 bridgehead atoms. The van der Waals surface area contributed by atoms with Crippen molar-refractivity contribution in [1.82, 2.24) is 0 Å². The van der Waals surface area contributed by atoms with E-state index in [0.717, 1.165) is 6.42 Å². The van der Waals surface area contributed by atoms with Gasteiger partial charge in [0, 0.05) is 0 Å². The Morgan fingerprint density at radius 2 is 2.17 bits per heavy atom. The molecule has 0 radical (unpaired) electrons. The lowest BCUT2D eigenvalue weighted by Crippen LogP contribution is -2.15. The number of rotatable bonds is 5. The molecule has 68 valence electrons. The molecule has 1 nitrogen and oxygen atoms in total. The van der Waals surface area contributed by atoms with Crippen LogP contribution in [0.3, 0.4) is 0 Å². The number of allylic oxidation sites excluding steroid dienone is 4. The van der Waals surface area contributed by atoms with Crippen molar-refractivity contribution in [2.45, 2.75) is 20.3 Å². The summed E-state index contributed by atoms with van der Waals surface area (Å²) in [7, 11) is 0. The first-order valence-electron chi connectivity index (χ1n) is 4.40. The van der Waals surface area contributed by atoms with Crippen LogP contribution < -0.4 is 5.73 Å². The summed E-state index contributed by atoms with van der Waals surface area (Å²) in [6, 6.07) is 0. The molecular weight excluding hydrogens is 146 g/mol. The summed E-state index contributed by atoms with van der Waals surface area (Å²) in [6.07, 6.45) is 9.15. The molecule has 0 aromatic heterocycles. The van der Waals surface area contributed by atoms with E-state index >= 15 is 0 Å². The third-order valence-corrected chi connectivity index (χ3v) is 1.90. The summed E-state index contributed by atoms with van der Waals surface area (Å²) in [6.45, 7) is 8.47. The maximum absolute atomic E-state index is 5.64. The van der Waals surface area contributed by atoms with Crippen molar-refractivity contribution in [3.8, 4) is 0 Å². The maximum atomic E-state index is 5.64. The Bertz CT molecular complexity index is 177. The summed E-state index contributed by atoms with van der Waals surface area (Å²) in [5, 5.41) is 0. The summed E-state index contributed by atoms with van der Waals surface area (Å²) in [4.78, 5) is 0. The molecule has 0 fully saturated rings. The van der Waals surface area contributed by atoms with Crippen LogP contribution in [-0.4, -0.2) is 6.54 Å². The molecule has 0 rings (SSSR count). The van der Waals surface area contributed by atoms with Gasteiger partial charge >= 0.3 is 0 Å². The van der Waals surface area contributed by atoms with Crippen LogP contribution in [0.5, 0.6) is 0 Å². The van der Waals surface area contributed by atoms with E-state index in [1.807, 2.05) is 26.0 Å². The minimum Gasteiger partial charge on any atom is -0.330 e.